The van der Waals surface area contributed by atoms with Gasteiger partial charge in [-0.3, -0.25) is 4.79 Å². The van der Waals surface area contributed by atoms with Crippen LogP contribution in [0.5, 0.6) is 0 Å². The van der Waals surface area contributed by atoms with Gasteiger partial charge in [0, 0.05) is 19.3 Å². The zero-order valence-corrected chi connectivity index (χ0v) is 10.5. The molecule has 1 aromatic heterocycles. The first-order valence-electron chi connectivity index (χ1n) is 5.71. The zero-order valence-electron chi connectivity index (χ0n) is 10.5. The summed E-state index contributed by atoms with van der Waals surface area (Å²) in [5.74, 6) is -1.75. The molecule has 7 nitrogen and oxygen atoms in total. The van der Waals surface area contributed by atoms with Crippen molar-refractivity contribution in [1.82, 2.24) is 14.9 Å². The Hall–Kier alpha value is -1.89. The SMILES string of the molecule is CC(C)[C@@H](NC(=O)c1cn(CCN)cn1)C(=O)O. The van der Waals surface area contributed by atoms with E-state index in [0.29, 0.717) is 13.1 Å². The van der Waals surface area contributed by atoms with Gasteiger partial charge in [-0.15, -0.1) is 0 Å². The highest BCUT2D eigenvalue weighted by Gasteiger charge is 2.24. The van der Waals surface area contributed by atoms with Gasteiger partial charge in [-0.1, -0.05) is 13.8 Å². The number of imidazole rings is 1. The lowest BCUT2D eigenvalue weighted by atomic mass is 10.0. The minimum Gasteiger partial charge on any atom is -0.480 e. The molecule has 18 heavy (non-hydrogen) atoms. The highest BCUT2D eigenvalue weighted by molar-refractivity contribution is 5.94. The first kappa shape index (κ1) is 14.2. The summed E-state index contributed by atoms with van der Waals surface area (Å²) in [6, 6.07) is -0.919. The van der Waals surface area contributed by atoms with E-state index in [9.17, 15) is 9.59 Å². The maximum absolute atomic E-state index is 11.8. The standard InChI is InChI=1S/C11H18N4O3/c1-7(2)9(11(17)18)14-10(16)8-5-15(4-3-12)6-13-8/h5-7,9H,3-4,12H2,1-2H3,(H,14,16)(H,17,18)/t9-/m1/s1. The van der Waals surface area contributed by atoms with Gasteiger partial charge in [0.05, 0.1) is 6.33 Å². The lowest BCUT2D eigenvalue weighted by Crippen LogP contribution is -2.44. The van der Waals surface area contributed by atoms with Crippen molar-refractivity contribution in [3.63, 3.8) is 0 Å². The number of carbonyl (C=O) groups excluding carboxylic acids is 1. The maximum Gasteiger partial charge on any atom is 0.326 e. The van der Waals surface area contributed by atoms with Crippen molar-refractivity contribution in [3.8, 4) is 0 Å². The Labute approximate surface area is 105 Å². The van der Waals surface area contributed by atoms with Crippen LogP contribution in [0.2, 0.25) is 0 Å². The number of nitrogens with zero attached hydrogens (tertiary/aromatic N) is 2. The van der Waals surface area contributed by atoms with Crippen LogP contribution in [0.3, 0.4) is 0 Å². The second-order valence-corrected chi connectivity index (χ2v) is 4.32. The third-order valence-electron chi connectivity index (χ3n) is 2.47. The quantitative estimate of drug-likeness (QED) is 0.644. The van der Waals surface area contributed by atoms with Gasteiger partial charge in [0.15, 0.2) is 0 Å². The molecular weight excluding hydrogens is 236 g/mol. The summed E-state index contributed by atoms with van der Waals surface area (Å²) in [5.41, 5.74) is 5.57. The Morgan fingerprint density at radius 1 is 1.56 bits per heavy atom. The fourth-order valence-corrected chi connectivity index (χ4v) is 1.48. The molecule has 1 atom stereocenters. The average molecular weight is 254 g/mol. The van der Waals surface area contributed by atoms with E-state index in [2.05, 4.69) is 10.3 Å². The first-order chi connectivity index (χ1) is 8.45. The molecule has 7 heteroatoms. The van der Waals surface area contributed by atoms with Gasteiger partial charge in [0.25, 0.3) is 5.91 Å². The van der Waals surface area contributed by atoms with E-state index >= 15 is 0 Å². The topological polar surface area (TPSA) is 110 Å². The monoisotopic (exact) mass is 254 g/mol. The van der Waals surface area contributed by atoms with Crippen molar-refractivity contribution < 1.29 is 14.7 Å². The molecule has 1 amide bonds. The minimum atomic E-state index is -1.06. The van der Waals surface area contributed by atoms with Crippen molar-refractivity contribution in [2.45, 2.75) is 26.4 Å². The van der Waals surface area contributed by atoms with Gasteiger partial charge in [-0.05, 0) is 5.92 Å². The molecule has 0 saturated heterocycles. The number of carboxylic acids is 1. The normalized spacial score (nSPS) is 12.4. The number of nitrogens with two attached hydrogens (primary N) is 1. The highest BCUT2D eigenvalue weighted by atomic mass is 16.4. The van der Waals surface area contributed by atoms with Gasteiger partial charge >= 0.3 is 5.97 Å². The Morgan fingerprint density at radius 3 is 2.72 bits per heavy atom. The molecule has 0 fully saturated rings. The number of carboxylic acid groups (broad SMARTS) is 1. The van der Waals surface area contributed by atoms with E-state index in [1.165, 1.54) is 6.33 Å². The van der Waals surface area contributed by atoms with Crippen LogP contribution >= 0.6 is 0 Å². The highest BCUT2D eigenvalue weighted by Crippen LogP contribution is 2.04. The number of aromatic nitrogens is 2. The van der Waals surface area contributed by atoms with Crippen LogP contribution in [0.15, 0.2) is 12.5 Å². The summed E-state index contributed by atoms with van der Waals surface area (Å²) in [5, 5.41) is 11.4. The molecule has 0 saturated carbocycles. The molecular formula is C11H18N4O3. The molecule has 1 heterocycles. The molecule has 4 N–H and O–H groups in total. The summed E-state index contributed by atoms with van der Waals surface area (Å²) in [4.78, 5) is 26.7. The number of rotatable bonds is 6. The molecule has 0 aliphatic carbocycles. The van der Waals surface area contributed by atoms with E-state index in [0.717, 1.165) is 0 Å². The maximum atomic E-state index is 11.8. The third-order valence-corrected chi connectivity index (χ3v) is 2.47. The van der Waals surface area contributed by atoms with Crippen LogP contribution in [0.25, 0.3) is 0 Å². The van der Waals surface area contributed by atoms with Crippen LogP contribution < -0.4 is 11.1 Å². The summed E-state index contributed by atoms with van der Waals surface area (Å²) >= 11 is 0. The molecule has 0 spiro atoms. The summed E-state index contributed by atoms with van der Waals surface area (Å²) < 4.78 is 1.68. The number of hydrogen-bond acceptors (Lipinski definition) is 4. The van der Waals surface area contributed by atoms with E-state index in [4.69, 9.17) is 10.8 Å². The van der Waals surface area contributed by atoms with Crippen LogP contribution in [-0.4, -0.2) is 39.1 Å². The van der Waals surface area contributed by atoms with Crippen LogP contribution in [0, 0.1) is 5.92 Å². The molecule has 0 aromatic carbocycles. The van der Waals surface area contributed by atoms with Crippen LogP contribution in [-0.2, 0) is 11.3 Å². The van der Waals surface area contributed by atoms with Crippen LogP contribution in [0.1, 0.15) is 24.3 Å². The van der Waals surface area contributed by atoms with Crippen molar-refractivity contribution in [2.24, 2.45) is 11.7 Å². The molecule has 1 rings (SSSR count). The molecule has 0 bridgehead atoms. The van der Waals surface area contributed by atoms with E-state index in [-0.39, 0.29) is 11.6 Å². The molecule has 0 unspecified atom stereocenters. The Kier molecular flexibility index (Phi) is 4.85. The van der Waals surface area contributed by atoms with Gasteiger partial charge in [-0.25, -0.2) is 9.78 Å². The average Bonchev–Trinajstić information content (AvgIpc) is 2.73. The molecule has 1 aromatic rings. The largest absolute Gasteiger partial charge is 0.480 e. The molecule has 100 valence electrons. The van der Waals surface area contributed by atoms with E-state index in [1.807, 2.05) is 0 Å². The first-order valence-corrected chi connectivity index (χ1v) is 5.71. The fraction of sp³-hybridized carbons (Fsp3) is 0.545. The number of aliphatic carboxylic acids is 1. The van der Waals surface area contributed by atoms with Crippen molar-refractivity contribution in [3.05, 3.63) is 18.2 Å². The second-order valence-electron chi connectivity index (χ2n) is 4.32. The van der Waals surface area contributed by atoms with E-state index < -0.39 is 17.9 Å². The number of nitrogens with one attached hydrogen (secondary N) is 1. The summed E-state index contributed by atoms with van der Waals surface area (Å²) in [6.45, 7) is 4.46. The lowest BCUT2D eigenvalue weighted by Gasteiger charge is -2.16. The predicted molar refractivity (Wildman–Crippen MR) is 65.0 cm³/mol. The second kappa shape index (κ2) is 6.15. The smallest absolute Gasteiger partial charge is 0.326 e. The molecule has 0 aliphatic rings. The van der Waals surface area contributed by atoms with Crippen molar-refractivity contribution >= 4 is 11.9 Å². The fourth-order valence-electron chi connectivity index (χ4n) is 1.48. The molecule has 0 radical (unpaired) electrons. The Balaban J connectivity index is 2.71. The van der Waals surface area contributed by atoms with Gasteiger partial charge in [0.1, 0.15) is 11.7 Å². The number of amides is 1. The van der Waals surface area contributed by atoms with Gasteiger partial charge < -0.3 is 20.7 Å². The Morgan fingerprint density at radius 2 is 2.22 bits per heavy atom. The minimum absolute atomic E-state index is 0.190. The predicted octanol–water partition coefficient (Wildman–Crippen LogP) is -0.319. The molecule has 0 aliphatic heterocycles. The van der Waals surface area contributed by atoms with Gasteiger partial charge in [0.2, 0.25) is 0 Å². The summed E-state index contributed by atoms with van der Waals surface area (Å²) in [7, 11) is 0. The van der Waals surface area contributed by atoms with E-state index in [1.54, 1.807) is 24.6 Å². The van der Waals surface area contributed by atoms with Crippen LogP contribution in [0.4, 0.5) is 0 Å². The van der Waals surface area contributed by atoms with Gasteiger partial charge in [-0.2, -0.15) is 0 Å². The number of hydrogen-bond donors (Lipinski definition) is 3. The van der Waals surface area contributed by atoms with Crippen molar-refractivity contribution in [1.29, 1.82) is 0 Å². The Bertz CT molecular complexity index is 428. The third kappa shape index (κ3) is 3.56. The summed E-state index contributed by atoms with van der Waals surface area (Å²) in [6.07, 6.45) is 3.04. The lowest BCUT2D eigenvalue weighted by molar-refractivity contribution is -0.140. The number of carbonyl (C=O) groups is 2. The zero-order chi connectivity index (χ0) is 13.7. The van der Waals surface area contributed by atoms with Crippen molar-refractivity contribution in [2.75, 3.05) is 6.54 Å².